The first-order valence-corrected chi connectivity index (χ1v) is 8.05. The van der Waals surface area contributed by atoms with E-state index in [0.717, 1.165) is 30.0 Å². The van der Waals surface area contributed by atoms with Gasteiger partial charge >= 0.3 is 0 Å². The predicted molar refractivity (Wildman–Crippen MR) is 89.8 cm³/mol. The molecule has 0 aliphatic carbocycles. The maximum atomic E-state index is 11.0. The van der Waals surface area contributed by atoms with Crippen LogP contribution in [0.3, 0.4) is 0 Å². The fraction of sp³-hybridized carbons (Fsp3) is 0.294. The van der Waals surface area contributed by atoms with E-state index < -0.39 is 5.60 Å². The van der Waals surface area contributed by atoms with Gasteiger partial charge < -0.3 is 10.0 Å². The van der Waals surface area contributed by atoms with Gasteiger partial charge in [-0.25, -0.2) is 9.50 Å². The van der Waals surface area contributed by atoms with E-state index in [0.29, 0.717) is 17.9 Å². The first kappa shape index (κ1) is 14.5. The lowest BCUT2D eigenvalue weighted by atomic mass is 9.84. The van der Waals surface area contributed by atoms with Crippen molar-refractivity contribution >= 4 is 22.9 Å². The number of piperidine rings is 1. The summed E-state index contributed by atoms with van der Waals surface area (Å²) in [5.41, 5.74) is 1.12. The van der Waals surface area contributed by atoms with Gasteiger partial charge in [0, 0.05) is 30.5 Å². The molecule has 0 bridgehead atoms. The molecule has 1 saturated heterocycles. The van der Waals surface area contributed by atoms with Crippen LogP contribution in [0.5, 0.6) is 0 Å². The first-order valence-electron chi connectivity index (χ1n) is 7.67. The summed E-state index contributed by atoms with van der Waals surface area (Å²) in [6.45, 7) is 1.49. The summed E-state index contributed by atoms with van der Waals surface area (Å²) in [7, 11) is 0. The van der Waals surface area contributed by atoms with Crippen molar-refractivity contribution in [2.75, 3.05) is 18.0 Å². The lowest BCUT2D eigenvalue weighted by Crippen LogP contribution is -2.43. The Bertz CT molecular complexity index is 822. The summed E-state index contributed by atoms with van der Waals surface area (Å²) in [5.74, 6) is 0.920. The SMILES string of the molecule is OC1(c2ccc(Cl)cc2)CCN(c2nccn3nccc23)CC1. The Labute approximate surface area is 139 Å². The third kappa shape index (κ3) is 2.56. The van der Waals surface area contributed by atoms with Crippen LogP contribution in [0.2, 0.25) is 5.02 Å². The molecular weight excluding hydrogens is 312 g/mol. The minimum Gasteiger partial charge on any atom is -0.385 e. The Morgan fingerprint density at radius 3 is 2.52 bits per heavy atom. The van der Waals surface area contributed by atoms with Gasteiger partial charge in [0.15, 0.2) is 5.82 Å². The van der Waals surface area contributed by atoms with E-state index in [9.17, 15) is 5.11 Å². The number of aromatic nitrogens is 3. The van der Waals surface area contributed by atoms with E-state index in [1.807, 2.05) is 41.0 Å². The molecule has 0 radical (unpaired) electrons. The molecule has 1 aromatic carbocycles. The van der Waals surface area contributed by atoms with Crippen LogP contribution in [0.25, 0.3) is 5.52 Å². The largest absolute Gasteiger partial charge is 0.385 e. The number of hydrogen-bond acceptors (Lipinski definition) is 4. The van der Waals surface area contributed by atoms with Crippen molar-refractivity contribution in [2.45, 2.75) is 18.4 Å². The Morgan fingerprint density at radius 2 is 1.78 bits per heavy atom. The Hall–Kier alpha value is -2.11. The number of rotatable bonds is 2. The maximum absolute atomic E-state index is 11.0. The van der Waals surface area contributed by atoms with Gasteiger partial charge in [-0.1, -0.05) is 23.7 Å². The van der Waals surface area contributed by atoms with E-state index in [4.69, 9.17) is 11.6 Å². The lowest BCUT2D eigenvalue weighted by molar-refractivity contribution is 0.0117. The third-order valence-corrected chi connectivity index (χ3v) is 4.83. The molecule has 23 heavy (non-hydrogen) atoms. The van der Waals surface area contributed by atoms with Gasteiger partial charge in [0.1, 0.15) is 5.52 Å². The highest BCUT2D eigenvalue weighted by atomic mass is 35.5. The van der Waals surface area contributed by atoms with E-state index >= 15 is 0 Å². The second-order valence-electron chi connectivity index (χ2n) is 5.94. The molecule has 1 fully saturated rings. The van der Waals surface area contributed by atoms with Gasteiger partial charge in [0.25, 0.3) is 0 Å². The minimum absolute atomic E-state index is 0.658. The number of benzene rings is 1. The topological polar surface area (TPSA) is 53.7 Å². The van der Waals surface area contributed by atoms with Crippen molar-refractivity contribution in [3.63, 3.8) is 0 Å². The van der Waals surface area contributed by atoms with Gasteiger partial charge in [0.2, 0.25) is 0 Å². The van der Waals surface area contributed by atoms with Gasteiger partial charge in [-0.3, -0.25) is 0 Å². The summed E-state index contributed by atoms with van der Waals surface area (Å²) >= 11 is 5.94. The van der Waals surface area contributed by atoms with Gasteiger partial charge in [-0.2, -0.15) is 5.10 Å². The quantitative estimate of drug-likeness (QED) is 0.786. The second kappa shape index (κ2) is 5.51. The highest BCUT2D eigenvalue weighted by molar-refractivity contribution is 6.30. The van der Waals surface area contributed by atoms with Crippen molar-refractivity contribution in [3.8, 4) is 0 Å². The van der Waals surface area contributed by atoms with E-state index in [2.05, 4.69) is 15.0 Å². The van der Waals surface area contributed by atoms with Crippen molar-refractivity contribution in [1.29, 1.82) is 0 Å². The van der Waals surface area contributed by atoms with Crippen LogP contribution < -0.4 is 4.90 Å². The molecule has 3 aromatic rings. The summed E-state index contributed by atoms with van der Waals surface area (Å²) < 4.78 is 1.82. The average Bonchev–Trinajstić information content (AvgIpc) is 3.05. The molecule has 0 atom stereocenters. The number of fused-ring (bicyclic) bond motifs is 1. The number of hydrogen-bond donors (Lipinski definition) is 1. The second-order valence-corrected chi connectivity index (χ2v) is 6.37. The highest BCUT2D eigenvalue weighted by Crippen LogP contribution is 2.35. The fourth-order valence-corrected chi connectivity index (χ4v) is 3.35. The minimum atomic E-state index is -0.799. The fourth-order valence-electron chi connectivity index (χ4n) is 3.22. The van der Waals surface area contributed by atoms with Crippen LogP contribution in [0.1, 0.15) is 18.4 Å². The predicted octanol–water partition coefficient (Wildman–Crippen LogP) is 2.87. The molecular formula is C17H17ClN4O. The van der Waals surface area contributed by atoms with Crippen molar-refractivity contribution in [1.82, 2.24) is 14.6 Å². The smallest absolute Gasteiger partial charge is 0.154 e. The molecule has 0 amide bonds. The molecule has 1 aliphatic rings. The normalized spacial score (nSPS) is 17.6. The standard InChI is InChI=1S/C17H17ClN4O/c18-14-3-1-13(2-4-14)17(23)6-10-21(11-7-17)16-15-5-8-20-22(15)12-9-19-16/h1-5,8-9,12,23H,6-7,10-11H2. The average molecular weight is 329 g/mol. The molecule has 1 aliphatic heterocycles. The molecule has 118 valence electrons. The molecule has 4 rings (SSSR count). The van der Waals surface area contributed by atoms with E-state index in [1.54, 1.807) is 12.4 Å². The molecule has 1 N–H and O–H groups in total. The van der Waals surface area contributed by atoms with Crippen LogP contribution in [0.15, 0.2) is 48.9 Å². The zero-order valence-electron chi connectivity index (χ0n) is 12.6. The van der Waals surface area contributed by atoms with Crippen LogP contribution in [-0.2, 0) is 5.60 Å². The van der Waals surface area contributed by atoms with Crippen LogP contribution in [-0.4, -0.2) is 32.8 Å². The van der Waals surface area contributed by atoms with Gasteiger partial charge in [-0.05, 0) is 36.6 Å². The van der Waals surface area contributed by atoms with Gasteiger partial charge in [0.05, 0.1) is 11.8 Å². The van der Waals surface area contributed by atoms with Crippen LogP contribution in [0.4, 0.5) is 5.82 Å². The number of nitrogens with zero attached hydrogens (tertiary/aromatic N) is 4. The Balaban J connectivity index is 1.57. The maximum Gasteiger partial charge on any atom is 0.154 e. The molecule has 5 nitrogen and oxygen atoms in total. The first-order chi connectivity index (χ1) is 11.2. The third-order valence-electron chi connectivity index (χ3n) is 4.58. The van der Waals surface area contributed by atoms with Crippen molar-refractivity contribution in [2.24, 2.45) is 0 Å². The molecule has 2 aromatic heterocycles. The Kier molecular flexibility index (Phi) is 3.47. The van der Waals surface area contributed by atoms with E-state index in [1.165, 1.54) is 0 Å². The zero-order chi connectivity index (χ0) is 15.9. The van der Waals surface area contributed by atoms with Crippen LogP contribution in [0, 0.1) is 0 Å². The summed E-state index contributed by atoms with van der Waals surface area (Å²) in [6.07, 6.45) is 6.69. The summed E-state index contributed by atoms with van der Waals surface area (Å²) in [5, 5.41) is 15.9. The van der Waals surface area contributed by atoms with Gasteiger partial charge in [-0.15, -0.1) is 0 Å². The molecule has 3 heterocycles. The monoisotopic (exact) mass is 328 g/mol. The molecule has 0 saturated carbocycles. The highest BCUT2D eigenvalue weighted by Gasteiger charge is 2.34. The summed E-state index contributed by atoms with van der Waals surface area (Å²) in [4.78, 5) is 6.71. The number of aliphatic hydroxyl groups is 1. The summed E-state index contributed by atoms with van der Waals surface area (Å²) in [6, 6.07) is 9.44. The zero-order valence-corrected chi connectivity index (χ0v) is 13.3. The van der Waals surface area contributed by atoms with E-state index in [-0.39, 0.29) is 0 Å². The number of anilines is 1. The van der Waals surface area contributed by atoms with Crippen molar-refractivity contribution in [3.05, 3.63) is 59.5 Å². The number of halogens is 1. The lowest BCUT2D eigenvalue weighted by Gasteiger charge is -2.39. The van der Waals surface area contributed by atoms with Crippen LogP contribution >= 0.6 is 11.6 Å². The molecule has 0 spiro atoms. The Morgan fingerprint density at radius 1 is 1.04 bits per heavy atom. The molecule has 6 heteroatoms. The van der Waals surface area contributed by atoms with Crippen molar-refractivity contribution < 1.29 is 5.11 Å². The molecule has 0 unspecified atom stereocenters.